The predicted octanol–water partition coefficient (Wildman–Crippen LogP) is 4.11. The molecule has 0 spiro atoms. The molecule has 2 aromatic rings. The molecule has 8 heteroatoms. The van der Waals surface area contributed by atoms with Crippen molar-refractivity contribution in [3.8, 4) is 0 Å². The standard InChI is InChI=1S/C18H20Cl2N2O3S/c1-2-3-11-21-18(23)13-22(17-12-14(19)9-10-16(17)20)26(24,25)15-7-5-4-6-8-15/h4-10,12H,2-3,11,13H2,1H3,(H,21,23). The molecular weight excluding hydrogens is 395 g/mol. The van der Waals surface area contributed by atoms with Crippen molar-refractivity contribution in [3.05, 3.63) is 58.6 Å². The van der Waals surface area contributed by atoms with E-state index in [1.54, 1.807) is 24.3 Å². The molecule has 5 nitrogen and oxygen atoms in total. The maximum Gasteiger partial charge on any atom is 0.264 e. The second kappa shape index (κ2) is 9.26. The number of benzene rings is 2. The first-order valence-corrected chi connectivity index (χ1v) is 10.4. The molecule has 0 saturated carbocycles. The van der Waals surface area contributed by atoms with Crippen molar-refractivity contribution >= 4 is 44.8 Å². The lowest BCUT2D eigenvalue weighted by molar-refractivity contribution is -0.119. The third-order valence-corrected chi connectivity index (χ3v) is 5.98. The van der Waals surface area contributed by atoms with Crippen LogP contribution in [0, 0.1) is 0 Å². The molecule has 0 aliphatic heterocycles. The lowest BCUT2D eigenvalue weighted by Crippen LogP contribution is -2.41. The van der Waals surface area contributed by atoms with Gasteiger partial charge in [0.1, 0.15) is 6.54 Å². The molecule has 0 aliphatic carbocycles. The van der Waals surface area contributed by atoms with E-state index < -0.39 is 15.9 Å². The van der Waals surface area contributed by atoms with Crippen LogP contribution in [0.25, 0.3) is 0 Å². The Kier molecular flexibility index (Phi) is 7.32. The van der Waals surface area contributed by atoms with Crippen molar-refractivity contribution in [2.45, 2.75) is 24.7 Å². The van der Waals surface area contributed by atoms with E-state index >= 15 is 0 Å². The van der Waals surface area contributed by atoms with Crippen LogP contribution in [0.4, 0.5) is 5.69 Å². The van der Waals surface area contributed by atoms with Crippen LogP contribution in [-0.2, 0) is 14.8 Å². The van der Waals surface area contributed by atoms with Crippen LogP contribution in [-0.4, -0.2) is 27.4 Å². The summed E-state index contributed by atoms with van der Waals surface area (Å²) in [6.07, 6.45) is 1.74. The minimum absolute atomic E-state index is 0.0670. The second-order valence-electron chi connectivity index (χ2n) is 5.62. The zero-order chi connectivity index (χ0) is 19.2. The molecule has 26 heavy (non-hydrogen) atoms. The van der Waals surface area contributed by atoms with Crippen molar-refractivity contribution in [3.63, 3.8) is 0 Å². The second-order valence-corrected chi connectivity index (χ2v) is 8.33. The molecular formula is C18H20Cl2N2O3S. The summed E-state index contributed by atoms with van der Waals surface area (Å²) in [5.74, 6) is -0.408. The average Bonchev–Trinajstić information content (AvgIpc) is 2.63. The van der Waals surface area contributed by atoms with Crippen LogP contribution in [0.5, 0.6) is 0 Å². The highest BCUT2D eigenvalue weighted by atomic mass is 35.5. The summed E-state index contributed by atoms with van der Waals surface area (Å²) in [4.78, 5) is 12.3. The Morgan fingerprint density at radius 2 is 1.81 bits per heavy atom. The molecule has 1 N–H and O–H groups in total. The summed E-state index contributed by atoms with van der Waals surface area (Å²) in [5, 5.41) is 3.23. The number of halogens is 2. The Labute approximate surface area is 164 Å². The van der Waals surface area contributed by atoms with Gasteiger partial charge < -0.3 is 5.32 Å². The number of carbonyl (C=O) groups is 1. The molecule has 0 bridgehead atoms. The lowest BCUT2D eigenvalue weighted by Gasteiger charge is -2.25. The maximum atomic E-state index is 13.1. The normalized spacial score (nSPS) is 11.2. The van der Waals surface area contributed by atoms with Crippen molar-refractivity contribution in [1.29, 1.82) is 0 Å². The molecule has 0 saturated heterocycles. The highest BCUT2D eigenvalue weighted by Gasteiger charge is 2.28. The molecule has 0 unspecified atom stereocenters. The van der Waals surface area contributed by atoms with Gasteiger partial charge in [-0.25, -0.2) is 8.42 Å². The van der Waals surface area contributed by atoms with Gasteiger partial charge in [-0.15, -0.1) is 0 Å². The largest absolute Gasteiger partial charge is 0.355 e. The van der Waals surface area contributed by atoms with Crippen LogP contribution in [0.15, 0.2) is 53.4 Å². The van der Waals surface area contributed by atoms with Gasteiger partial charge in [0.2, 0.25) is 5.91 Å². The smallest absolute Gasteiger partial charge is 0.264 e. The Bertz CT molecular complexity index is 858. The van der Waals surface area contributed by atoms with E-state index in [1.165, 1.54) is 24.3 Å². The van der Waals surface area contributed by atoms with Crippen LogP contribution in [0.2, 0.25) is 10.0 Å². The molecule has 0 fully saturated rings. The number of carbonyl (C=O) groups excluding carboxylic acids is 1. The zero-order valence-electron chi connectivity index (χ0n) is 14.3. The third kappa shape index (κ3) is 5.13. The van der Waals surface area contributed by atoms with Crippen molar-refractivity contribution in [2.24, 2.45) is 0 Å². The Balaban J connectivity index is 2.42. The highest BCUT2D eigenvalue weighted by Crippen LogP contribution is 2.32. The van der Waals surface area contributed by atoms with Gasteiger partial charge in [-0.05, 0) is 36.8 Å². The van der Waals surface area contributed by atoms with E-state index in [2.05, 4.69) is 5.32 Å². The summed E-state index contributed by atoms with van der Waals surface area (Å²) in [5.41, 5.74) is 0.161. The number of hydrogen-bond donors (Lipinski definition) is 1. The fraction of sp³-hybridized carbons (Fsp3) is 0.278. The minimum Gasteiger partial charge on any atom is -0.355 e. The number of sulfonamides is 1. The lowest BCUT2D eigenvalue weighted by atomic mass is 10.3. The van der Waals surface area contributed by atoms with Gasteiger partial charge in [0.25, 0.3) is 10.0 Å². The first kappa shape index (κ1) is 20.6. The molecule has 2 rings (SSSR count). The van der Waals surface area contributed by atoms with Gasteiger partial charge in [0.05, 0.1) is 15.6 Å². The molecule has 0 heterocycles. The van der Waals surface area contributed by atoms with Gasteiger partial charge in [0, 0.05) is 11.6 Å². The monoisotopic (exact) mass is 414 g/mol. The van der Waals surface area contributed by atoms with E-state index in [-0.39, 0.29) is 22.2 Å². The fourth-order valence-corrected chi connectivity index (χ4v) is 4.18. The predicted molar refractivity (Wildman–Crippen MR) is 105 cm³/mol. The van der Waals surface area contributed by atoms with E-state index in [4.69, 9.17) is 23.2 Å². The van der Waals surface area contributed by atoms with Gasteiger partial charge in [0.15, 0.2) is 0 Å². The molecule has 0 atom stereocenters. The van der Waals surface area contributed by atoms with Crippen LogP contribution < -0.4 is 9.62 Å². The number of rotatable bonds is 8. The summed E-state index contributed by atoms with van der Waals surface area (Å²) in [6, 6.07) is 12.4. The summed E-state index contributed by atoms with van der Waals surface area (Å²) in [7, 11) is -3.99. The van der Waals surface area contributed by atoms with Gasteiger partial charge >= 0.3 is 0 Å². The molecule has 1 amide bonds. The number of nitrogens with one attached hydrogen (secondary N) is 1. The Morgan fingerprint density at radius 3 is 2.46 bits per heavy atom. The van der Waals surface area contributed by atoms with Crippen LogP contribution >= 0.6 is 23.2 Å². The first-order chi connectivity index (χ1) is 12.4. The molecule has 140 valence electrons. The van der Waals surface area contributed by atoms with Crippen LogP contribution in [0.3, 0.4) is 0 Å². The van der Waals surface area contributed by atoms with Crippen molar-refractivity contribution in [1.82, 2.24) is 5.32 Å². The highest BCUT2D eigenvalue weighted by molar-refractivity contribution is 7.92. The number of amides is 1. The van der Waals surface area contributed by atoms with E-state index in [0.29, 0.717) is 11.6 Å². The van der Waals surface area contributed by atoms with E-state index in [0.717, 1.165) is 17.1 Å². The average molecular weight is 415 g/mol. The summed E-state index contributed by atoms with van der Waals surface area (Å²) >= 11 is 12.2. The third-order valence-electron chi connectivity index (χ3n) is 3.65. The summed E-state index contributed by atoms with van der Waals surface area (Å²) < 4.78 is 27.2. The number of nitrogens with zero attached hydrogens (tertiary/aromatic N) is 1. The maximum absolute atomic E-state index is 13.1. The van der Waals surface area contributed by atoms with Gasteiger partial charge in [-0.2, -0.15) is 0 Å². The molecule has 0 radical (unpaired) electrons. The number of hydrogen-bond acceptors (Lipinski definition) is 3. The van der Waals surface area contributed by atoms with Gasteiger partial charge in [-0.1, -0.05) is 54.7 Å². The Hall–Kier alpha value is -1.76. The number of unbranched alkanes of at least 4 members (excludes halogenated alkanes) is 1. The van der Waals surface area contributed by atoms with Crippen molar-refractivity contribution < 1.29 is 13.2 Å². The first-order valence-electron chi connectivity index (χ1n) is 8.15. The van der Waals surface area contributed by atoms with E-state index in [9.17, 15) is 13.2 Å². The van der Waals surface area contributed by atoms with E-state index in [1.807, 2.05) is 6.92 Å². The van der Waals surface area contributed by atoms with Crippen LogP contribution in [0.1, 0.15) is 19.8 Å². The number of anilines is 1. The Morgan fingerprint density at radius 1 is 1.12 bits per heavy atom. The molecule has 0 aromatic heterocycles. The zero-order valence-corrected chi connectivity index (χ0v) is 16.6. The fourth-order valence-electron chi connectivity index (χ4n) is 2.29. The quantitative estimate of drug-likeness (QED) is 0.660. The SMILES string of the molecule is CCCCNC(=O)CN(c1cc(Cl)ccc1Cl)S(=O)(=O)c1ccccc1. The summed E-state index contributed by atoms with van der Waals surface area (Å²) in [6.45, 7) is 2.10. The molecule has 0 aliphatic rings. The van der Waals surface area contributed by atoms with Crippen molar-refractivity contribution in [2.75, 3.05) is 17.4 Å². The van der Waals surface area contributed by atoms with Gasteiger partial charge in [-0.3, -0.25) is 9.10 Å². The minimum atomic E-state index is -3.99. The topological polar surface area (TPSA) is 66.5 Å². The molecule has 2 aromatic carbocycles.